The third kappa shape index (κ3) is 3.79. The van der Waals surface area contributed by atoms with Crippen molar-refractivity contribution in [3.63, 3.8) is 0 Å². The molecule has 0 aliphatic carbocycles. The van der Waals surface area contributed by atoms with E-state index in [2.05, 4.69) is 55.4 Å². The Hall–Kier alpha value is -0.0400. The smallest absolute Gasteiger partial charge is 0.0621 e. The number of hydrogen-bond donors (Lipinski definition) is 1. The molecular formula is C14H30O. The van der Waals surface area contributed by atoms with Crippen LogP contribution in [0.3, 0.4) is 0 Å². The zero-order valence-corrected chi connectivity index (χ0v) is 11.9. The van der Waals surface area contributed by atoms with Crippen LogP contribution in [0.1, 0.15) is 61.8 Å². The van der Waals surface area contributed by atoms with E-state index >= 15 is 0 Å². The van der Waals surface area contributed by atoms with Crippen molar-refractivity contribution in [1.82, 2.24) is 0 Å². The van der Waals surface area contributed by atoms with Gasteiger partial charge in [0.2, 0.25) is 0 Å². The maximum absolute atomic E-state index is 10.4. The standard InChI is InChI=1S/C14H30O/c1-10(2)9-11(3)12(15)14(7,8)13(4,5)6/h10-12,15H,9H2,1-8H3. The summed E-state index contributed by atoms with van der Waals surface area (Å²) in [5.41, 5.74) is 0.0962. The Bertz CT molecular complexity index is 186. The minimum atomic E-state index is -0.222. The minimum absolute atomic E-state index is 0.0404. The Kier molecular flexibility index (Phi) is 4.85. The molecule has 1 nitrogen and oxygen atoms in total. The van der Waals surface area contributed by atoms with Crippen molar-refractivity contribution in [3.05, 3.63) is 0 Å². The van der Waals surface area contributed by atoms with Gasteiger partial charge in [0, 0.05) is 0 Å². The maximum atomic E-state index is 10.4. The van der Waals surface area contributed by atoms with Gasteiger partial charge in [-0.3, -0.25) is 0 Å². The molecule has 2 atom stereocenters. The predicted molar refractivity (Wildman–Crippen MR) is 67.9 cm³/mol. The zero-order valence-electron chi connectivity index (χ0n) is 11.9. The molecule has 0 aromatic rings. The molecule has 0 amide bonds. The Labute approximate surface area is 96.3 Å². The molecule has 0 radical (unpaired) electrons. The second-order valence-corrected chi connectivity index (χ2v) is 7.02. The fourth-order valence-electron chi connectivity index (χ4n) is 2.03. The van der Waals surface area contributed by atoms with Crippen LogP contribution in [0.25, 0.3) is 0 Å². The van der Waals surface area contributed by atoms with E-state index in [1.165, 1.54) is 0 Å². The maximum Gasteiger partial charge on any atom is 0.0621 e. The van der Waals surface area contributed by atoms with Gasteiger partial charge in [0.1, 0.15) is 0 Å². The molecule has 0 rings (SSSR count). The second kappa shape index (κ2) is 4.86. The lowest BCUT2D eigenvalue weighted by Gasteiger charge is -2.45. The van der Waals surface area contributed by atoms with Crippen LogP contribution in [-0.4, -0.2) is 11.2 Å². The summed E-state index contributed by atoms with van der Waals surface area (Å²) in [6, 6.07) is 0. The summed E-state index contributed by atoms with van der Waals surface area (Å²) < 4.78 is 0. The highest BCUT2D eigenvalue weighted by atomic mass is 16.3. The number of rotatable bonds is 4. The molecule has 1 N–H and O–H groups in total. The third-order valence-electron chi connectivity index (χ3n) is 4.05. The molecule has 0 aromatic heterocycles. The lowest BCUT2D eigenvalue weighted by molar-refractivity contribution is -0.0611. The van der Waals surface area contributed by atoms with Crippen LogP contribution in [0.5, 0.6) is 0 Å². The molecule has 0 aliphatic heterocycles. The first-order chi connectivity index (χ1) is 6.50. The van der Waals surface area contributed by atoms with Crippen LogP contribution in [0.4, 0.5) is 0 Å². The highest BCUT2D eigenvalue weighted by Crippen LogP contribution is 2.43. The van der Waals surface area contributed by atoms with Gasteiger partial charge in [-0.1, -0.05) is 55.4 Å². The van der Waals surface area contributed by atoms with E-state index < -0.39 is 0 Å². The first-order valence-electron chi connectivity index (χ1n) is 6.18. The number of hydrogen-bond acceptors (Lipinski definition) is 1. The summed E-state index contributed by atoms with van der Waals surface area (Å²) in [5, 5.41) is 10.4. The first-order valence-corrected chi connectivity index (χ1v) is 6.18. The lowest BCUT2D eigenvalue weighted by Crippen LogP contribution is -2.44. The summed E-state index contributed by atoms with van der Waals surface area (Å²) in [6.07, 6.45) is 0.876. The SMILES string of the molecule is CC(C)CC(C)C(O)C(C)(C)C(C)(C)C. The van der Waals surface area contributed by atoms with Crippen LogP contribution >= 0.6 is 0 Å². The molecule has 0 bridgehead atoms. The van der Waals surface area contributed by atoms with Crippen LogP contribution in [0.2, 0.25) is 0 Å². The van der Waals surface area contributed by atoms with Crippen LogP contribution in [-0.2, 0) is 0 Å². The van der Waals surface area contributed by atoms with Crippen molar-refractivity contribution in [3.8, 4) is 0 Å². The van der Waals surface area contributed by atoms with Gasteiger partial charge in [-0.2, -0.15) is 0 Å². The van der Waals surface area contributed by atoms with Crippen molar-refractivity contribution in [2.75, 3.05) is 0 Å². The van der Waals surface area contributed by atoms with Gasteiger partial charge < -0.3 is 5.11 Å². The topological polar surface area (TPSA) is 20.2 Å². The van der Waals surface area contributed by atoms with Gasteiger partial charge in [-0.25, -0.2) is 0 Å². The molecule has 0 saturated carbocycles. The number of aliphatic hydroxyl groups is 1. The lowest BCUT2D eigenvalue weighted by atomic mass is 9.63. The van der Waals surface area contributed by atoms with Gasteiger partial charge in [0.05, 0.1) is 6.10 Å². The second-order valence-electron chi connectivity index (χ2n) is 7.02. The minimum Gasteiger partial charge on any atom is -0.392 e. The molecule has 92 valence electrons. The first kappa shape index (κ1) is 15.0. The van der Waals surface area contributed by atoms with E-state index in [1.807, 2.05) is 0 Å². The fourth-order valence-corrected chi connectivity index (χ4v) is 2.03. The molecule has 0 aromatic carbocycles. The van der Waals surface area contributed by atoms with Gasteiger partial charge >= 0.3 is 0 Å². The predicted octanol–water partition coefficient (Wildman–Crippen LogP) is 4.10. The van der Waals surface area contributed by atoms with Crippen molar-refractivity contribution in [2.24, 2.45) is 22.7 Å². The Morgan fingerprint density at radius 3 is 1.60 bits per heavy atom. The average molecular weight is 214 g/mol. The fraction of sp³-hybridized carbons (Fsp3) is 1.00. The van der Waals surface area contributed by atoms with E-state index in [1.54, 1.807) is 0 Å². The van der Waals surface area contributed by atoms with E-state index in [0.717, 1.165) is 6.42 Å². The molecular weight excluding hydrogens is 184 g/mol. The monoisotopic (exact) mass is 214 g/mol. The normalized spacial score (nSPS) is 18.0. The van der Waals surface area contributed by atoms with Crippen LogP contribution in [0.15, 0.2) is 0 Å². The molecule has 15 heavy (non-hydrogen) atoms. The highest BCUT2D eigenvalue weighted by molar-refractivity contribution is 4.90. The van der Waals surface area contributed by atoms with Crippen molar-refractivity contribution in [1.29, 1.82) is 0 Å². The van der Waals surface area contributed by atoms with Crippen LogP contribution in [0, 0.1) is 22.7 Å². The van der Waals surface area contributed by atoms with E-state index in [-0.39, 0.29) is 16.9 Å². The largest absolute Gasteiger partial charge is 0.392 e. The summed E-state index contributed by atoms with van der Waals surface area (Å²) in [4.78, 5) is 0. The molecule has 0 spiro atoms. The Morgan fingerprint density at radius 2 is 1.33 bits per heavy atom. The van der Waals surface area contributed by atoms with Crippen LogP contribution < -0.4 is 0 Å². The summed E-state index contributed by atoms with van der Waals surface area (Å²) in [6.45, 7) is 17.6. The third-order valence-corrected chi connectivity index (χ3v) is 4.05. The van der Waals surface area contributed by atoms with E-state index in [9.17, 15) is 5.11 Å². The van der Waals surface area contributed by atoms with Crippen molar-refractivity contribution in [2.45, 2.75) is 67.9 Å². The Morgan fingerprint density at radius 1 is 0.933 bits per heavy atom. The number of aliphatic hydroxyl groups excluding tert-OH is 1. The van der Waals surface area contributed by atoms with Gasteiger partial charge in [-0.15, -0.1) is 0 Å². The molecule has 0 fully saturated rings. The average Bonchev–Trinajstić information content (AvgIpc) is 1.99. The van der Waals surface area contributed by atoms with Gasteiger partial charge in [0.25, 0.3) is 0 Å². The zero-order chi connectivity index (χ0) is 12.4. The van der Waals surface area contributed by atoms with E-state index in [0.29, 0.717) is 11.8 Å². The highest BCUT2D eigenvalue weighted by Gasteiger charge is 2.41. The summed E-state index contributed by atoms with van der Waals surface area (Å²) in [7, 11) is 0. The Balaban J connectivity index is 4.62. The summed E-state index contributed by atoms with van der Waals surface area (Å²) in [5.74, 6) is 1.03. The molecule has 2 unspecified atom stereocenters. The van der Waals surface area contributed by atoms with Gasteiger partial charge in [-0.05, 0) is 29.1 Å². The van der Waals surface area contributed by atoms with E-state index in [4.69, 9.17) is 0 Å². The van der Waals surface area contributed by atoms with Crippen molar-refractivity contribution >= 4 is 0 Å². The molecule has 0 aliphatic rings. The van der Waals surface area contributed by atoms with Gasteiger partial charge in [0.15, 0.2) is 0 Å². The molecule has 1 heteroatoms. The molecule has 0 saturated heterocycles. The van der Waals surface area contributed by atoms with Crippen molar-refractivity contribution < 1.29 is 5.11 Å². The summed E-state index contributed by atoms with van der Waals surface area (Å²) >= 11 is 0. The quantitative estimate of drug-likeness (QED) is 0.747. The molecule has 0 heterocycles.